The summed E-state index contributed by atoms with van der Waals surface area (Å²) in [4.78, 5) is 14.6. The van der Waals surface area contributed by atoms with Crippen molar-refractivity contribution in [3.8, 4) is 0 Å². The summed E-state index contributed by atoms with van der Waals surface area (Å²) < 4.78 is 6.02. The topological polar surface area (TPSA) is 49.8 Å². The van der Waals surface area contributed by atoms with Crippen LogP contribution in [0.15, 0.2) is 60.7 Å². The minimum Gasteiger partial charge on any atom is -0.389 e. The first-order chi connectivity index (χ1) is 10.6. The quantitative estimate of drug-likeness (QED) is 0.919. The Balaban J connectivity index is 2.21. The van der Waals surface area contributed by atoms with Gasteiger partial charge in [-0.05, 0) is 11.1 Å². The van der Waals surface area contributed by atoms with Crippen LogP contribution in [-0.2, 0) is 15.1 Å². The minimum atomic E-state index is -1.21. The van der Waals surface area contributed by atoms with Crippen LogP contribution in [-0.4, -0.2) is 42.2 Å². The smallest absolute Gasteiger partial charge is 0.264 e. The molecule has 0 spiro atoms. The maximum atomic E-state index is 13.1. The van der Waals surface area contributed by atoms with E-state index in [1.165, 1.54) is 4.90 Å². The number of rotatable bonds is 2. The Bertz CT molecular complexity index is 602. The lowest BCUT2D eigenvalue weighted by atomic mass is 9.85. The van der Waals surface area contributed by atoms with Crippen LogP contribution in [0.2, 0.25) is 0 Å². The molecule has 0 saturated carbocycles. The molecule has 1 fully saturated rings. The molecule has 1 N–H and O–H groups in total. The highest BCUT2D eigenvalue weighted by Crippen LogP contribution is 2.37. The second-order valence-corrected chi connectivity index (χ2v) is 5.56. The molecule has 22 heavy (non-hydrogen) atoms. The fraction of sp³-hybridized carbons (Fsp3) is 0.278. The number of amides is 1. The predicted molar refractivity (Wildman–Crippen MR) is 83.3 cm³/mol. The zero-order valence-electron chi connectivity index (χ0n) is 12.5. The van der Waals surface area contributed by atoms with Gasteiger partial charge in [-0.2, -0.15) is 0 Å². The van der Waals surface area contributed by atoms with Crippen LogP contribution in [0.5, 0.6) is 0 Å². The summed E-state index contributed by atoms with van der Waals surface area (Å²) in [7, 11) is 1.70. The molecular weight excluding hydrogens is 278 g/mol. The molecule has 1 aliphatic rings. The van der Waals surface area contributed by atoms with Gasteiger partial charge in [0.25, 0.3) is 5.91 Å². The summed E-state index contributed by atoms with van der Waals surface area (Å²) in [6.45, 7) is 0.375. The van der Waals surface area contributed by atoms with Gasteiger partial charge in [0, 0.05) is 13.6 Å². The lowest BCUT2D eigenvalue weighted by molar-refractivity contribution is -0.149. The van der Waals surface area contributed by atoms with Gasteiger partial charge in [0.15, 0.2) is 5.60 Å². The molecule has 4 heteroatoms. The van der Waals surface area contributed by atoms with Crippen molar-refractivity contribution in [1.82, 2.24) is 4.90 Å². The van der Waals surface area contributed by atoms with Crippen molar-refractivity contribution in [3.05, 3.63) is 71.8 Å². The van der Waals surface area contributed by atoms with Crippen molar-refractivity contribution in [1.29, 1.82) is 0 Å². The van der Waals surface area contributed by atoms with Gasteiger partial charge in [-0.15, -0.1) is 0 Å². The Labute approximate surface area is 130 Å². The van der Waals surface area contributed by atoms with E-state index in [2.05, 4.69) is 0 Å². The van der Waals surface area contributed by atoms with Crippen LogP contribution >= 0.6 is 0 Å². The predicted octanol–water partition coefficient (Wildman–Crippen LogP) is 1.78. The van der Waals surface area contributed by atoms with Crippen LogP contribution in [0.3, 0.4) is 0 Å². The van der Waals surface area contributed by atoms with E-state index in [-0.39, 0.29) is 19.1 Å². The van der Waals surface area contributed by atoms with Gasteiger partial charge in [-0.3, -0.25) is 4.79 Å². The summed E-state index contributed by atoms with van der Waals surface area (Å²) >= 11 is 0. The third kappa shape index (κ3) is 2.40. The number of carbonyl (C=O) groups excluding carboxylic acids is 1. The normalized spacial score (nSPS) is 21.5. The maximum absolute atomic E-state index is 13.1. The summed E-state index contributed by atoms with van der Waals surface area (Å²) in [5.74, 6) is -0.165. The number of aliphatic hydroxyl groups excluding tert-OH is 1. The van der Waals surface area contributed by atoms with Crippen molar-refractivity contribution in [2.24, 2.45) is 0 Å². The minimum absolute atomic E-state index is 0.111. The monoisotopic (exact) mass is 297 g/mol. The van der Waals surface area contributed by atoms with E-state index in [4.69, 9.17) is 4.74 Å². The third-order valence-corrected chi connectivity index (χ3v) is 3.99. The Hall–Kier alpha value is -2.17. The molecule has 0 aliphatic carbocycles. The third-order valence-electron chi connectivity index (χ3n) is 3.99. The van der Waals surface area contributed by atoms with Crippen LogP contribution in [0.25, 0.3) is 0 Å². The van der Waals surface area contributed by atoms with Crippen LogP contribution in [0, 0.1) is 0 Å². The second-order valence-electron chi connectivity index (χ2n) is 5.56. The number of hydrogen-bond acceptors (Lipinski definition) is 3. The Morgan fingerprint density at radius 2 is 1.55 bits per heavy atom. The molecule has 0 aromatic heterocycles. The van der Waals surface area contributed by atoms with E-state index in [0.29, 0.717) is 0 Å². The van der Waals surface area contributed by atoms with E-state index in [0.717, 1.165) is 11.1 Å². The number of nitrogens with zero attached hydrogens (tertiary/aromatic N) is 1. The SMILES string of the molecule is CN1C[C@@H](O)COC(c2ccccc2)(c2ccccc2)C1=O. The van der Waals surface area contributed by atoms with E-state index in [9.17, 15) is 9.90 Å². The maximum Gasteiger partial charge on any atom is 0.264 e. The summed E-state index contributed by atoms with van der Waals surface area (Å²) in [5.41, 5.74) is 0.327. The van der Waals surface area contributed by atoms with Gasteiger partial charge in [0.1, 0.15) is 0 Å². The second kappa shape index (κ2) is 5.91. The first-order valence-corrected chi connectivity index (χ1v) is 7.33. The van der Waals surface area contributed by atoms with Gasteiger partial charge < -0.3 is 14.7 Å². The molecule has 3 rings (SSSR count). The van der Waals surface area contributed by atoms with Crippen molar-refractivity contribution < 1.29 is 14.6 Å². The Kier molecular flexibility index (Phi) is 3.96. The number of β-amino-alcohol motifs (C(OH)–C–C–N with tert-alkyl or cyclic N) is 1. The zero-order valence-corrected chi connectivity index (χ0v) is 12.5. The van der Waals surface area contributed by atoms with E-state index < -0.39 is 11.7 Å². The van der Waals surface area contributed by atoms with Crippen LogP contribution < -0.4 is 0 Å². The zero-order chi connectivity index (χ0) is 15.6. The van der Waals surface area contributed by atoms with Gasteiger partial charge in [-0.25, -0.2) is 0 Å². The molecule has 114 valence electrons. The van der Waals surface area contributed by atoms with Crippen molar-refractivity contribution >= 4 is 5.91 Å². The summed E-state index contributed by atoms with van der Waals surface area (Å²) in [6, 6.07) is 18.9. The highest BCUT2D eigenvalue weighted by molar-refractivity contribution is 5.90. The molecule has 0 unspecified atom stereocenters. The van der Waals surface area contributed by atoms with Gasteiger partial charge in [0.2, 0.25) is 0 Å². The molecule has 4 nitrogen and oxygen atoms in total. The number of carbonyl (C=O) groups is 1. The van der Waals surface area contributed by atoms with E-state index in [1.807, 2.05) is 60.7 Å². The van der Waals surface area contributed by atoms with Gasteiger partial charge in [-0.1, -0.05) is 60.7 Å². The highest BCUT2D eigenvalue weighted by Gasteiger charge is 2.47. The number of ether oxygens (including phenoxy) is 1. The average Bonchev–Trinajstić information content (AvgIpc) is 2.67. The molecule has 0 radical (unpaired) electrons. The van der Waals surface area contributed by atoms with E-state index >= 15 is 0 Å². The average molecular weight is 297 g/mol. The number of likely N-dealkylation sites (N-methyl/N-ethyl adjacent to an activating group) is 1. The fourth-order valence-electron chi connectivity index (χ4n) is 2.93. The number of aliphatic hydroxyl groups is 1. The largest absolute Gasteiger partial charge is 0.389 e. The standard InChI is InChI=1S/C18H19NO3/c1-19-12-16(20)13-22-18(17(19)21,14-8-4-2-5-9-14)15-10-6-3-7-11-15/h2-11,16,20H,12-13H2,1H3/t16-/m1/s1. The molecular formula is C18H19NO3. The molecule has 2 aromatic carbocycles. The van der Waals surface area contributed by atoms with Crippen LogP contribution in [0.4, 0.5) is 0 Å². The van der Waals surface area contributed by atoms with E-state index in [1.54, 1.807) is 7.05 Å². The first kappa shape index (κ1) is 14.8. The lowest BCUT2D eigenvalue weighted by Crippen LogP contribution is -2.46. The Morgan fingerprint density at radius 3 is 2.05 bits per heavy atom. The molecule has 0 bridgehead atoms. The first-order valence-electron chi connectivity index (χ1n) is 7.33. The molecule has 1 heterocycles. The number of hydrogen-bond donors (Lipinski definition) is 1. The molecule has 2 aromatic rings. The molecule has 1 saturated heterocycles. The summed E-state index contributed by atoms with van der Waals surface area (Å²) in [5, 5.41) is 9.98. The molecule has 1 aliphatic heterocycles. The fourth-order valence-corrected chi connectivity index (χ4v) is 2.93. The molecule has 1 amide bonds. The van der Waals surface area contributed by atoms with Crippen molar-refractivity contribution in [2.75, 3.05) is 20.2 Å². The Morgan fingerprint density at radius 1 is 1.05 bits per heavy atom. The van der Waals surface area contributed by atoms with Crippen molar-refractivity contribution in [2.45, 2.75) is 11.7 Å². The van der Waals surface area contributed by atoms with Gasteiger partial charge >= 0.3 is 0 Å². The molecule has 1 atom stereocenters. The lowest BCUT2D eigenvalue weighted by Gasteiger charge is -2.34. The van der Waals surface area contributed by atoms with Crippen LogP contribution in [0.1, 0.15) is 11.1 Å². The van der Waals surface area contributed by atoms with Gasteiger partial charge in [0.05, 0.1) is 12.7 Å². The summed E-state index contributed by atoms with van der Waals surface area (Å²) in [6.07, 6.45) is -0.691. The highest BCUT2D eigenvalue weighted by atomic mass is 16.5. The van der Waals surface area contributed by atoms with Crippen molar-refractivity contribution in [3.63, 3.8) is 0 Å². The number of benzene rings is 2.